The lowest BCUT2D eigenvalue weighted by Gasteiger charge is -2.23. The maximum atomic E-state index is 11.0. The number of carbonyl (C=O) groups excluding carboxylic acids is 1. The minimum atomic E-state index is -0.791. The lowest BCUT2D eigenvalue weighted by Crippen LogP contribution is -2.50. The normalized spacial score (nSPS) is 15.5. The number of aliphatic hydroxyl groups excluding tert-OH is 1. The first kappa shape index (κ1) is 15.3. The molecule has 0 aromatic carbocycles. The zero-order valence-corrected chi connectivity index (χ0v) is 10.5. The predicted octanol–water partition coefficient (Wildman–Crippen LogP) is -1.33. The van der Waals surface area contributed by atoms with Crippen LogP contribution in [0.4, 0.5) is 4.79 Å². The van der Waals surface area contributed by atoms with E-state index in [9.17, 15) is 9.90 Å². The Morgan fingerprint density at radius 3 is 2.69 bits per heavy atom. The summed E-state index contributed by atoms with van der Waals surface area (Å²) in [5.74, 6) is 10.1. The van der Waals surface area contributed by atoms with Gasteiger partial charge >= 0.3 is 6.09 Å². The number of hydrogen-bond acceptors (Lipinski definition) is 6. The van der Waals surface area contributed by atoms with Crippen LogP contribution < -0.4 is 17.1 Å². The van der Waals surface area contributed by atoms with Gasteiger partial charge < -0.3 is 15.3 Å². The van der Waals surface area contributed by atoms with E-state index in [0.717, 1.165) is 0 Å². The number of nitrogens with two attached hydrogens (primary N) is 2. The summed E-state index contributed by atoms with van der Waals surface area (Å²) < 4.78 is 0. The van der Waals surface area contributed by atoms with Gasteiger partial charge in [0.15, 0.2) is 0 Å². The predicted molar refractivity (Wildman–Crippen MR) is 65.2 cm³/mol. The molecule has 0 rings (SSSR count). The largest absolute Gasteiger partial charge is 0.426 e. The van der Waals surface area contributed by atoms with E-state index in [1.54, 1.807) is 7.05 Å². The third-order valence-electron chi connectivity index (χ3n) is 1.86. The lowest BCUT2D eigenvalue weighted by atomic mass is 10.2. The molecule has 6 N–H and O–H groups in total. The van der Waals surface area contributed by atoms with Crippen LogP contribution in [-0.4, -0.2) is 61.1 Å². The number of hydrazine groups is 1. The van der Waals surface area contributed by atoms with Gasteiger partial charge in [0.25, 0.3) is 0 Å². The molecular formula is C8H20N4O3P+. The monoisotopic (exact) mass is 251 g/mol. The zero-order valence-electron chi connectivity index (χ0n) is 9.59. The Hall–Kier alpha value is -0.720. The van der Waals surface area contributed by atoms with Crippen molar-refractivity contribution in [3.63, 3.8) is 0 Å². The third-order valence-corrected chi connectivity index (χ3v) is 2.87. The smallest absolute Gasteiger partial charge is 0.389 e. The minimum Gasteiger partial charge on any atom is -0.389 e. The Morgan fingerprint density at radius 2 is 2.31 bits per heavy atom. The van der Waals surface area contributed by atoms with E-state index in [0.29, 0.717) is 6.16 Å². The molecule has 94 valence electrons. The maximum Gasteiger partial charge on any atom is 0.426 e. The highest BCUT2D eigenvalue weighted by Crippen LogP contribution is 2.16. The summed E-state index contributed by atoms with van der Waals surface area (Å²) in [6, 6.07) is -0.462. The quantitative estimate of drug-likeness (QED) is 0.264. The van der Waals surface area contributed by atoms with Gasteiger partial charge in [-0.15, -0.1) is 0 Å². The second-order valence-electron chi connectivity index (χ2n) is 3.70. The van der Waals surface area contributed by atoms with Gasteiger partial charge in [0.2, 0.25) is 0 Å². The van der Waals surface area contributed by atoms with Crippen molar-refractivity contribution in [3.05, 3.63) is 0 Å². The fraction of sp³-hybridized carbons (Fsp3) is 0.750. The van der Waals surface area contributed by atoms with Gasteiger partial charge in [-0.25, -0.2) is 9.80 Å². The van der Waals surface area contributed by atoms with Crippen LogP contribution in [0.15, 0.2) is 0 Å². The van der Waals surface area contributed by atoms with E-state index in [-0.39, 0.29) is 6.54 Å². The fourth-order valence-electron chi connectivity index (χ4n) is 1.21. The van der Waals surface area contributed by atoms with Crippen LogP contribution >= 0.6 is 7.55 Å². The Labute approximate surface area is 96.0 Å². The van der Waals surface area contributed by atoms with Gasteiger partial charge in [-0.3, -0.25) is 5.84 Å². The first-order chi connectivity index (χ1) is 7.36. The number of likely N-dealkylation sites (N-methyl/N-ethyl adjacent to an activating group) is 1. The van der Waals surface area contributed by atoms with E-state index in [1.807, 2.05) is 6.66 Å². The van der Waals surface area contributed by atoms with Crippen molar-refractivity contribution in [2.24, 2.45) is 11.7 Å². The molecule has 3 unspecified atom stereocenters. The number of nitrogens with one attached hydrogen (secondary N) is 1. The second kappa shape index (κ2) is 7.54. The van der Waals surface area contributed by atoms with Crippen LogP contribution in [0.5, 0.6) is 0 Å². The average Bonchev–Trinajstić information content (AvgIpc) is 2.14. The fourth-order valence-corrected chi connectivity index (χ4v) is 2.21. The summed E-state index contributed by atoms with van der Waals surface area (Å²) in [6.07, 6.45) is 2.86. The molecule has 0 radical (unpaired) electrons. The topological polar surface area (TPSA) is 114 Å². The minimum absolute atomic E-state index is 0.235. The van der Waals surface area contributed by atoms with Crippen LogP contribution in [0.25, 0.3) is 0 Å². The van der Waals surface area contributed by atoms with Crippen LogP contribution in [-0.2, 0) is 4.84 Å². The number of aliphatic hydroxyl groups is 1. The number of rotatable bonds is 6. The Bertz CT molecular complexity index is 249. The highest BCUT2D eigenvalue weighted by molar-refractivity contribution is 7.55. The molecule has 8 heteroatoms. The average molecular weight is 251 g/mol. The van der Waals surface area contributed by atoms with Crippen molar-refractivity contribution in [1.82, 2.24) is 10.3 Å². The van der Waals surface area contributed by atoms with Crippen LogP contribution in [0, 0.1) is 0 Å². The molecule has 7 nitrogen and oxygen atoms in total. The summed E-state index contributed by atoms with van der Waals surface area (Å²) in [4.78, 5) is 15.0. The molecule has 1 amide bonds. The summed E-state index contributed by atoms with van der Waals surface area (Å²) >= 11 is 0. The molecule has 0 aliphatic heterocycles. The first-order valence-corrected chi connectivity index (χ1v) is 6.85. The van der Waals surface area contributed by atoms with E-state index >= 15 is 0 Å². The number of nitrogens with zero attached hydrogens (tertiary/aromatic N) is 1. The van der Waals surface area contributed by atoms with Gasteiger partial charge in [0.05, 0.1) is 32.7 Å². The standard InChI is InChI=1S/C8H19N4O3P/c1-12(9)4-7(13)6(5-16(2)3)11-8(14)15-10/h6-7,13H,2,4-5,9-10H2,1,3H3/p+1. The highest BCUT2D eigenvalue weighted by atomic mass is 31.1. The van der Waals surface area contributed by atoms with Crippen molar-refractivity contribution in [1.29, 1.82) is 0 Å². The van der Waals surface area contributed by atoms with Gasteiger partial charge in [-0.05, 0) is 0 Å². The molecule has 0 heterocycles. The highest BCUT2D eigenvalue weighted by Gasteiger charge is 2.26. The number of hydrogen-bond donors (Lipinski definition) is 4. The molecule has 0 aromatic heterocycles. The molecular weight excluding hydrogens is 231 g/mol. The number of amides is 1. The molecule has 0 spiro atoms. The van der Waals surface area contributed by atoms with Gasteiger partial charge in [-0.1, -0.05) is 0 Å². The van der Waals surface area contributed by atoms with Crippen LogP contribution in [0.1, 0.15) is 0 Å². The van der Waals surface area contributed by atoms with Gasteiger partial charge in [0.1, 0.15) is 6.16 Å². The van der Waals surface area contributed by atoms with Crippen molar-refractivity contribution in [3.8, 4) is 0 Å². The van der Waals surface area contributed by atoms with E-state index in [4.69, 9.17) is 11.7 Å². The van der Waals surface area contributed by atoms with Crippen molar-refractivity contribution in [2.75, 3.05) is 26.4 Å². The van der Waals surface area contributed by atoms with Crippen LogP contribution in [0.3, 0.4) is 0 Å². The molecule has 0 aliphatic rings. The molecule has 0 aromatic rings. The van der Waals surface area contributed by atoms with E-state index < -0.39 is 25.8 Å². The lowest BCUT2D eigenvalue weighted by molar-refractivity contribution is 0.0865. The summed E-state index contributed by atoms with van der Waals surface area (Å²) in [5, 5.41) is 13.6. The van der Waals surface area contributed by atoms with Gasteiger partial charge in [-0.2, -0.15) is 5.90 Å². The second-order valence-corrected chi connectivity index (χ2v) is 5.78. The third kappa shape index (κ3) is 6.71. The summed E-state index contributed by atoms with van der Waals surface area (Å²) in [5.41, 5.74) is 0. The molecule has 16 heavy (non-hydrogen) atoms. The summed E-state index contributed by atoms with van der Waals surface area (Å²) in [7, 11) is 1.11. The van der Waals surface area contributed by atoms with E-state index in [1.165, 1.54) is 5.01 Å². The Morgan fingerprint density at radius 1 is 1.75 bits per heavy atom. The molecule has 0 bridgehead atoms. The van der Waals surface area contributed by atoms with E-state index in [2.05, 4.69) is 16.5 Å². The van der Waals surface area contributed by atoms with Crippen LogP contribution in [0.2, 0.25) is 0 Å². The van der Waals surface area contributed by atoms with Crippen molar-refractivity contribution < 1.29 is 14.7 Å². The van der Waals surface area contributed by atoms with Crippen molar-refractivity contribution in [2.45, 2.75) is 12.1 Å². The SMILES string of the molecule is C=[P+](C)CC(NC(=O)ON)C(O)CN(C)N. The zero-order chi connectivity index (χ0) is 12.7. The Kier molecular flexibility index (Phi) is 7.20. The molecule has 0 aliphatic carbocycles. The Balaban J connectivity index is 4.39. The van der Waals surface area contributed by atoms with Gasteiger partial charge in [0, 0.05) is 13.6 Å². The first-order valence-electron chi connectivity index (χ1n) is 4.69. The molecule has 0 saturated carbocycles. The molecule has 0 fully saturated rings. The number of carbonyl (C=O) groups is 1. The maximum absolute atomic E-state index is 11.0. The van der Waals surface area contributed by atoms with Crippen molar-refractivity contribution >= 4 is 19.9 Å². The molecule has 3 atom stereocenters. The summed E-state index contributed by atoms with van der Waals surface area (Å²) in [6.45, 7) is 2.18. The molecule has 0 saturated heterocycles.